The quantitative estimate of drug-likeness (QED) is 0.735. The number of rotatable bonds is 4. The molecule has 0 aromatic heterocycles. The molecule has 0 saturated carbocycles. The van der Waals surface area contributed by atoms with Crippen LogP contribution in [0.3, 0.4) is 0 Å². The summed E-state index contributed by atoms with van der Waals surface area (Å²) in [6.45, 7) is 1.84. The molecule has 0 amide bonds. The summed E-state index contributed by atoms with van der Waals surface area (Å²) in [5, 5.41) is 10.4. The molecule has 3 nitrogen and oxygen atoms in total. The molecule has 0 radical (unpaired) electrons. The van der Waals surface area contributed by atoms with Crippen molar-refractivity contribution in [3.8, 4) is 0 Å². The molecule has 2 aromatic carbocycles. The van der Waals surface area contributed by atoms with Gasteiger partial charge in [-0.15, -0.1) is 0 Å². The van der Waals surface area contributed by atoms with Gasteiger partial charge in [0.1, 0.15) is 0 Å². The molecule has 2 atom stereocenters. The van der Waals surface area contributed by atoms with Crippen molar-refractivity contribution >= 4 is 5.69 Å². The lowest BCUT2D eigenvalue weighted by Crippen LogP contribution is -2.45. The lowest BCUT2D eigenvalue weighted by atomic mass is 9.84. The molecule has 0 spiro atoms. The summed E-state index contributed by atoms with van der Waals surface area (Å²) in [6, 6.07) is 17.1. The third-order valence-corrected chi connectivity index (χ3v) is 3.37. The Bertz CT molecular complexity index is 537. The fourth-order valence-corrected chi connectivity index (χ4v) is 2.22. The Morgan fingerprint density at radius 1 is 1.05 bits per heavy atom. The fraction of sp³-hybridized carbons (Fsp3) is 0.250. The number of benzene rings is 2. The van der Waals surface area contributed by atoms with Crippen molar-refractivity contribution in [2.24, 2.45) is 5.73 Å². The summed E-state index contributed by atoms with van der Waals surface area (Å²) in [5.74, 6) is 0. The molecule has 19 heavy (non-hydrogen) atoms. The zero-order valence-corrected chi connectivity index (χ0v) is 11.1. The SMILES string of the molecule is CC(N)(Cc1ccccc1N)C(O)c1ccccc1. The highest BCUT2D eigenvalue weighted by Gasteiger charge is 2.30. The molecular weight excluding hydrogens is 236 g/mol. The van der Waals surface area contributed by atoms with E-state index in [0.717, 1.165) is 11.1 Å². The molecule has 0 aliphatic rings. The molecule has 2 aromatic rings. The molecule has 100 valence electrons. The van der Waals surface area contributed by atoms with Crippen molar-refractivity contribution in [2.75, 3.05) is 5.73 Å². The second-order valence-electron chi connectivity index (χ2n) is 5.19. The summed E-state index contributed by atoms with van der Waals surface area (Å²) in [4.78, 5) is 0. The van der Waals surface area contributed by atoms with Gasteiger partial charge >= 0.3 is 0 Å². The highest BCUT2D eigenvalue weighted by molar-refractivity contribution is 5.47. The van der Waals surface area contributed by atoms with Gasteiger partial charge in [0.2, 0.25) is 0 Å². The van der Waals surface area contributed by atoms with E-state index in [-0.39, 0.29) is 0 Å². The minimum atomic E-state index is -0.767. The van der Waals surface area contributed by atoms with E-state index >= 15 is 0 Å². The van der Waals surface area contributed by atoms with Crippen LogP contribution < -0.4 is 11.5 Å². The van der Waals surface area contributed by atoms with Crippen LogP contribution in [0.5, 0.6) is 0 Å². The second-order valence-corrected chi connectivity index (χ2v) is 5.19. The number of anilines is 1. The van der Waals surface area contributed by atoms with Crippen LogP contribution in [-0.4, -0.2) is 10.6 Å². The van der Waals surface area contributed by atoms with Gasteiger partial charge in [-0.2, -0.15) is 0 Å². The number of nitrogen functional groups attached to an aromatic ring is 1. The zero-order chi connectivity index (χ0) is 13.9. The lowest BCUT2D eigenvalue weighted by Gasteiger charge is -2.31. The molecule has 0 aliphatic heterocycles. The van der Waals surface area contributed by atoms with Crippen LogP contribution >= 0.6 is 0 Å². The molecule has 2 unspecified atom stereocenters. The van der Waals surface area contributed by atoms with E-state index in [2.05, 4.69) is 0 Å². The molecule has 0 saturated heterocycles. The number of aliphatic hydroxyl groups excluding tert-OH is 1. The third kappa shape index (κ3) is 3.13. The summed E-state index contributed by atoms with van der Waals surface area (Å²) in [6.07, 6.45) is -0.205. The van der Waals surface area contributed by atoms with Crippen molar-refractivity contribution in [3.63, 3.8) is 0 Å². The number of nitrogens with two attached hydrogens (primary N) is 2. The fourth-order valence-electron chi connectivity index (χ4n) is 2.22. The van der Waals surface area contributed by atoms with E-state index in [4.69, 9.17) is 11.5 Å². The first-order valence-corrected chi connectivity index (χ1v) is 6.36. The molecule has 0 bridgehead atoms. The van der Waals surface area contributed by atoms with Crippen molar-refractivity contribution < 1.29 is 5.11 Å². The molecular formula is C16H20N2O. The van der Waals surface area contributed by atoms with Crippen LogP contribution in [-0.2, 0) is 6.42 Å². The highest BCUT2D eigenvalue weighted by atomic mass is 16.3. The maximum atomic E-state index is 10.4. The summed E-state index contributed by atoms with van der Waals surface area (Å²) in [7, 11) is 0. The molecule has 2 rings (SSSR count). The predicted octanol–water partition coefficient (Wildman–Crippen LogP) is 2.26. The van der Waals surface area contributed by atoms with Gasteiger partial charge in [0.15, 0.2) is 0 Å². The lowest BCUT2D eigenvalue weighted by molar-refractivity contribution is 0.0941. The van der Waals surface area contributed by atoms with Crippen LogP contribution in [0.2, 0.25) is 0 Å². The van der Waals surface area contributed by atoms with Gasteiger partial charge in [-0.25, -0.2) is 0 Å². The normalized spacial score (nSPS) is 15.7. The van der Waals surface area contributed by atoms with E-state index < -0.39 is 11.6 Å². The zero-order valence-electron chi connectivity index (χ0n) is 11.1. The van der Waals surface area contributed by atoms with Crippen LogP contribution in [0.1, 0.15) is 24.2 Å². The van der Waals surface area contributed by atoms with Gasteiger partial charge in [-0.05, 0) is 30.5 Å². The molecule has 3 heteroatoms. The average molecular weight is 256 g/mol. The minimum Gasteiger partial charge on any atom is -0.399 e. The predicted molar refractivity (Wildman–Crippen MR) is 78.6 cm³/mol. The maximum Gasteiger partial charge on any atom is 0.0969 e. The van der Waals surface area contributed by atoms with Crippen molar-refractivity contribution in [3.05, 3.63) is 65.7 Å². The average Bonchev–Trinajstić information content (AvgIpc) is 2.41. The minimum absolute atomic E-state index is 0.524. The maximum absolute atomic E-state index is 10.4. The monoisotopic (exact) mass is 256 g/mol. The number of para-hydroxylation sites is 1. The Hall–Kier alpha value is -1.84. The standard InChI is InChI=1S/C16H20N2O/c1-16(18,11-13-9-5-6-10-14(13)17)15(19)12-7-3-2-4-8-12/h2-10,15,19H,11,17-18H2,1H3. The van der Waals surface area contributed by atoms with E-state index in [0.29, 0.717) is 12.1 Å². The summed E-state index contributed by atoms with van der Waals surface area (Å²) >= 11 is 0. The number of aliphatic hydroxyl groups is 1. The first-order chi connectivity index (χ1) is 9.00. The third-order valence-electron chi connectivity index (χ3n) is 3.37. The Kier molecular flexibility index (Phi) is 3.88. The Balaban J connectivity index is 2.21. The van der Waals surface area contributed by atoms with Gasteiger partial charge in [0.05, 0.1) is 6.10 Å². The number of hydrogen-bond acceptors (Lipinski definition) is 3. The second kappa shape index (κ2) is 5.43. The van der Waals surface area contributed by atoms with Crippen molar-refractivity contribution in [1.82, 2.24) is 0 Å². The first kappa shape index (κ1) is 13.6. The summed E-state index contributed by atoms with van der Waals surface area (Å²) in [5.41, 5.74) is 13.9. The van der Waals surface area contributed by atoms with Gasteiger partial charge in [-0.1, -0.05) is 48.5 Å². The van der Waals surface area contributed by atoms with Gasteiger partial charge in [0.25, 0.3) is 0 Å². The highest BCUT2D eigenvalue weighted by Crippen LogP contribution is 2.28. The van der Waals surface area contributed by atoms with Gasteiger partial charge in [-0.3, -0.25) is 0 Å². The van der Waals surface area contributed by atoms with Gasteiger partial charge in [0, 0.05) is 11.2 Å². The smallest absolute Gasteiger partial charge is 0.0969 e. The molecule has 0 aliphatic carbocycles. The molecule has 0 heterocycles. The van der Waals surface area contributed by atoms with Crippen LogP contribution in [0.25, 0.3) is 0 Å². The number of hydrogen-bond donors (Lipinski definition) is 3. The topological polar surface area (TPSA) is 72.3 Å². The summed E-state index contributed by atoms with van der Waals surface area (Å²) < 4.78 is 0. The van der Waals surface area contributed by atoms with E-state index in [1.54, 1.807) is 0 Å². The van der Waals surface area contributed by atoms with E-state index in [9.17, 15) is 5.11 Å². The Morgan fingerprint density at radius 2 is 1.63 bits per heavy atom. The van der Waals surface area contributed by atoms with Crippen LogP contribution in [0.15, 0.2) is 54.6 Å². The van der Waals surface area contributed by atoms with Crippen LogP contribution in [0, 0.1) is 0 Å². The van der Waals surface area contributed by atoms with Crippen molar-refractivity contribution in [2.45, 2.75) is 25.0 Å². The largest absolute Gasteiger partial charge is 0.399 e. The van der Waals surface area contributed by atoms with E-state index in [1.165, 1.54) is 0 Å². The molecule has 5 N–H and O–H groups in total. The van der Waals surface area contributed by atoms with E-state index in [1.807, 2.05) is 61.5 Å². The Morgan fingerprint density at radius 3 is 2.26 bits per heavy atom. The van der Waals surface area contributed by atoms with Crippen LogP contribution in [0.4, 0.5) is 5.69 Å². The van der Waals surface area contributed by atoms with Gasteiger partial charge < -0.3 is 16.6 Å². The first-order valence-electron chi connectivity index (χ1n) is 6.36. The van der Waals surface area contributed by atoms with Crippen molar-refractivity contribution in [1.29, 1.82) is 0 Å². The Labute approximate surface area is 113 Å². The molecule has 0 fully saturated rings.